The summed E-state index contributed by atoms with van der Waals surface area (Å²) < 4.78 is 0. The fourth-order valence-corrected chi connectivity index (χ4v) is 4.58. The highest BCUT2D eigenvalue weighted by atomic mass is 16.2. The number of fused-ring (bicyclic) bond motifs is 2. The first-order valence-corrected chi connectivity index (χ1v) is 11.1. The Labute approximate surface area is 174 Å². The van der Waals surface area contributed by atoms with Crippen molar-refractivity contribution in [3.05, 3.63) is 41.5 Å². The van der Waals surface area contributed by atoms with Crippen LogP contribution in [-0.4, -0.2) is 41.9 Å². The Morgan fingerprint density at radius 2 is 1.90 bits per heavy atom. The molecule has 1 fully saturated rings. The van der Waals surface area contributed by atoms with Gasteiger partial charge in [0, 0.05) is 18.5 Å². The van der Waals surface area contributed by atoms with Crippen LogP contribution >= 0.6 is 0 Å². The standard InChI is InChI=1S/C24H35N3O2/c1-4-8-20(25)22(28)26-21(17(3)5-2)23(29)27-15-13-24(14-16-27)12-11-18-9-6-7-10-19(18)24/h6-7,9-12,17,20-21H,4-5,8,13-16,25H2,1-3H3,(H,26,28)/t17-,20-,21-/m0/s1. The predicted molar refractivity (Wildman–Crippen MR) is 117 cm³/mol. The van der Waals surface area contributed by atoms with Crippen molar-refractivity contribution >= 4 is 17.9 Å². The second-order valence-corrected chi connectivity index (χ2v) is 8.67. The summed E-state index contributed by atoms with van der Waals surface area (Å²) in [6.07, 6.45) is 8.67. The molecule has 5 nitrogen and oxygen atoms in total. The van der Waals surface area contributed by atoms with E-state index < -0.39 is 12.1 Å². The Morgan fingerprint density at radius 1 is 1.21 bits per heavy atom. The molecular weight excluding hydrogens is 362 g/mol. The number of benzene rings is 1. The third-order valence-corrected chi connectivity index (χ3v) is 6.76. The summed E-state index contributed by atoms with van der Waals surface area (Å²) in [6.45, 7) is 7.50. The van der Waals surface area contributed by atoms with E-state index in [0.29, 0.717) is 19.5 Å². The minimum absolute atomic E-state index is 0.0292. The zero-order chi connectivity index (χ0) is 21.0. The molecule has 1 aliphatic heterocycles. The van der Waals surface area contributed by atoms with E-state index in [1.54, 1.807) is 0 Å². The lowest BCUT2D eigenvalue weighted by molar-refractivity contribution is -0.139. The maximum Gasteiger partial charge on any atom is 0.245 e. The number of nitrogens with two attached hydrogens (primary N) is 1. The molecule has 0 aromatic heterocycles. The Morgan fingerprint density at radius 3 is 2.55 bits per heavy atom. The number of likely N-dealkylation sites (tertiary alicyclic amines) is 1. The second kappa shape index (κ2) is 9.12. The van der Waals surface area contributed by atoms with Crippen LogP contribution in [0, 0.1) is 5.92 Å². The van der Waals surface area contributed by atoms with E-state index in [4.69, 9.17) is 5.73 Å². The van der Waals surface area contributed by atoms with Crippen molar-refractivity contribution in [3.63, 3.8) is 0 Å². The van der Waals surface area contributed by atoms with Gasteiger partial charge in [-0.2, -0.15) is 0 Å². The van der Waals surface area contributed by atoms with Crippen molar-refractivity contribution in [2.24, 2.45) is 11.7 Å². The van der Waals surface area contributed by atoms with Gasteiger partial charge in [0.15, 0.2) is 0 Å². The number of hydrogen-bond donors (Lipinski definition) is 2. The molecule has 2 amide bonds. The number of amides is 2. The summed E-state index contributed by atoms with van der Waals surface area (Å²) in [5.41, 5.74) is 8.70. The molecule has 1 spiro atoms. The number of nitrogens with zero attached hydrogens (tertiary/aromatic N) is 1. The number of hydrogen-bond acceptors (Lipinski definition) is 3. The Kier molecular flexibility index (Phi) is 6.78. The number of rotatable bonds is 7. The van der Waals surface area contributed by atoms with Gasteiger partial charge in [-0.25, -0.2) is 0 Å². The molecule has 1 aromatic rings. The highest BCUT2D eigenvalue weighted by Gasteiger charge is 2.40. The molecule has 5 heteroatoms. The van der Waals surface area contributed by atoms with Crippen LogP contribution in [-0.2, 0) is 15.0 Å². The van der Waals surface area contributed by atoms with Crippen molar-refractivity contribution in [2.75, 3.05) is 13.1 Å². The van der Waals surface area contributed by atoms with Crippen molar-refractivity contribution in [1.82, 2.24) is 10.2 Å². The fourth-order valence-electron chi connectivity index (χ4n) is 4.58. The van der Waals surface area contributed by atoms with Crippen LogP contribution in [0.3, 0.4) is 0 Å². The summed E-state index contributed by atoms with van der Waals surface area (Å²) in [6, 6.07) is 7.49. The van der Waals surface area contributed by atoms with Crippen LogP contribution in [0.5, 0.6) is 0 Å². The molecule has 3 atom stereocenters. The maximum atomic E-state index is 13.3. The van der Waals surface area contributed by atoms with E-state index >= 15 is 0 Å². The Bertz CT molecular complexity index is 765. The first kappa shape index (κ1) is 21.6. The van der Waals surface area contributed by atoms with Gasteiger partial charge < -0.3 is 16.0 Å². The topological polar surface area (TPSA) is 75.4 Å². The molecule has 0 saturated carbocycles. The summed E-state index contributed by atoms with van der Waals surface area (Å²) in [7, 11) is 0. The molecule has 0 bridgehead atoms. The molecule has 0 radical (unpaired) electrons. The normalized spacial score (nSPS) is 20.2. The van der Waals surface area contributed by atoms with Gasteiger partial charge in [0.25, 0.3) is 0 Å². The molecule has 1 aliphatic carbocycles. The van der Waals surface area contributed by atoms with Crippen LogP contribution in [0.25, 0.3) is 6.08 Å². The van der Waals surface area contributed by atoms with Gasteiger partial charge in [-0.15, -0.1) is 0 Å². The lowest BCUT2D eigenvalue weighted by atomic mass is 9.74. The Balaban J connectivity index is 1.67. The van der Waals surface area contributed by atoms with Gasteiger partial charge in [0.05, 0.1) is 6.04 Å². The zero-order valence-corrected chi connectivity index (χ0v) is 18.0. The van der Waals surface area contributed by atoms with Crippen LogP contribution in [0.4, 0.5) is 0 Å². The summed E-state index contributed by atoms with van der Waals surface area (Å²) >= 11 is 0. The first-order chi connectivity index (χ1) is 13.9. The lowest BCUT2D eigenvalue weighted by Crippen LogP contribution is -2.57. The summed E-state index contributed by atoms with van der Waals surface area (Å²) in [5.74, 6) is -0.114. The number of nitrogens with one attached hydrogen (secondary N) is 1. The number of carbonyl (C=O) groups excluding carboxylic acids is 2. The van der Waals surface area contributed by atoms with Crippen LogP contribution in [0.1, 0.15) is 64.0 Å². The van der Waals surface area contributed by atoms with E-state index in [1.807, 2.05) is 18.7 Å². The highest BCUT2D eigenvalue weighted by Crippen LogP contribution is 2.43. The molecule has 1 aromatic carbocycles. The maximum absolute atomic E-state index is 13.3. The molecule has 1 heterocycles. The van der Waals surface area contributed by atoms with Gasteiger partial charge >= 0.3 is 0 Å². The van der Waals surface area contributed by atoms with Gasteiger partial charge in [0.1, 0.15) is 6.04 Å². The van der Waals surface area contributed by atoms with Crippen molar-refractivity contribution in [3.8, 4) is 0 Å². The van der Waals surface area contributed by atoms with Gasteiger partial charge in [-0.1, -0.05) is 70.0 Å². The van der Waals surface area contributed by atoms with Gasteiger partial charge in [-0.3, -0.25) is 9.59 Å². The monoisotopic (exact) mass is 397 g/mol. The van der Waals surface area contributed by atoms with Crippen LogP contribution in [0.15, 0.2) is 30.3 Å². The van der Waals surface area contributed by atoms with Crippen molar-refractivity contribution < 1.29 is 9.59 Å². The van der Waals surface area contributed by atoms with E-state index in [1.165, 1.54) is 11.1 Å². The number of carbonyl (C=O) groups is 2. The molecule has 29 heavy (non-hydrogen) atoms. The van der Waals surface area contributed by atoms with E-state index in [-0.39, 0.29) is 23.1 Å². The van der Waals surface area contributed by atoms with Crippen molar-refractivity contribution in [1.29, 1.82) is 0 Å². The second-order valence-electron chi connectivity index (χ2n) is 8.67. The third kappa shape index (κ3) is 4.40. The average molecular weight is 398 g/mol. The first-order valence-electron chi connectivity index (χ1n) is 11.1. The lowest BCUT2D eigenvalue weighted by Gasteiger charge is -2.41. The smallest absolute Gasteiger partial charge is 0.245 e. The number of allylic oxidation sites excluding steroid dienone is 1. The van der Waals surface area contributed by atoms with Crippen LogP contribution < -0.4 is 11.1 Å². The van der Waals surface area contributed by atoms with E-state index in [9.17, 15) is 9.59 Å². The van der Waals surface area contributed by atoms with Crippen molar-refractivity contribution in [2.45, 2.75) is 70.4 Å². The SMILES string of the molecule is CCC[C@H](N)C(=O)N[C@H](C(=O)N1CCC2(C=Cc3ccccc32)CC1)[C@@H](C)CC. The highest BCUT2D eigenvalue weighted by molar-refractivity contribution is 5.90. The molecule has 158 valence electrons. The molecule has 3 N–H and O–H groups in total. The minimum atomic E-state index is -0.552. The summed E-state index contributed by atoms with van der Waals surface area (Å²) in [4.78, 5) is 27.7. The quantitative estimate of drug-likeness (QED) is 0.742. The van der Waals surface area contributed by atoms with Gasteiger partial charge in [-0.05, 0) is 36.3 Å². The molecule has 1 saturated heterocycles. The Hall–Kier alpha value is -2.14. The molecule has 0 unspecified atom stereocenters. The third-order valence-electron chi connectivity index (χ3n) is 6.76. The largest absolute Gasteiger partial charge is 0.343 e. The molecular formula is C24H35N3O2. The fraction of sp³-hybridized carbons (Fsp3) is 0.583. The van der Waals surface area contributed by atoms with Gasteiger partial charge in [0.2, 0.25) is 11.8 Å². The predicted octanol–water partition coefficient (Wildman–Crippen LogP) is 3.23. The average Bonchev–Trinajstić information content (AvgIpc) is 3.10. The minimum Gasteiger partial charge on any atom is -0.343 e. The van der Waals surface area contributed by atoms with Crippen LogP contribution in [0.2, 0.25) is 0 Å². The number of piperidine rings is 1. The summed E-state index contributed by atoms with van der Waals surface area (Å²) in [5, 5.41) is 2.96. The van der Waals surface area contributed by atoms with E-state index in [0.717, 1.165) is 25.7 Å². The van der Waals surface area contributed by atoms with E-state index in [2.05, 4.69) is 48.7 Å². The molecule has 3 rings (SSSR count). The zero-order valence-electron chi connectivity index (χ0n) is 18.0. The molecule has 2 aliphatic rings.